The normalized spacial score (nSPS) is 36.4. The second-order valence-corrected chi connectivity index (χ2v) is 29.6. The molecule has 4 nitrogen and oxygen atoms in total. The Morgan fingerprint density at radius 3 is 2.00 bits per heavy atom. The van der Waals surface area contributed by atoms with Crippen molar-refractivity contribution in [2.75, 3.05) is 0 Å². The Bertz CT molecular complexity index is 1010. The van der Waals surface area contributed by atoms with E-state index in [-0.39, 0.29) is 40.6 Å². The molecule has 3 rings (SSSR count). The van der Waals surface area contributed by atoms with Crippen LogP contribution in [0.15, 0.2) is 36.0 Å². The van der Waals surface area contributed by atoms with Gasteiger partial charge in [-0.25, -0.2) is 0 Å². The predicted octanol–water partition coefficient (Wildman–Crippen LogP) is 8.51. The van der Waals surface area contributed by atoms with Crippen molar-refractivity contribution in [2.45, 2.75) is 129 Å². The van der Waals surface area contributed by atoms with Gasteiger partial charge in [-0.15, -0.1) is 0 Å². The summed E-state index contributed by atoms with van der Waals surface area (Å²) >= 11 is 0. The SMILES string of the molecule is C=C(C)[C@@H]1C=C[C@@H](C)[C@]2(O[Si](C)(C)C)C3=CC(=O)C[C@@]3(O[Si](C)(C)C)C[C@@H](C)[C@@H](O[Si](C)(C)C(C)(C)C)[C@@H]12. The molecule has 38 heavy (non-hydrogen) atoms. The maximum absolute atomic E-state index is 13.4. The van der Waals surface area contributed by atoms with E-state index in [1.54, 1.807) is 0 Å². The van der Waals surface area contributed by atoms with Crippen molar-refractivity contribution in [3.8, 4) is 0 Å². The second kappa shape index (κ2) is 10.1. The van der Waals surface area contributed by atoms with E-state index >= 15 is 0 Å². The van der Waals surface area contributed by atoms with Gasteiger partial charge >= 0.3 is 0 Å². The summed E-state index contributed by atoms with van der Waals surface area (Å²) in [5.41, 5.74) is 0.873. The van der Waals surface area contributed by atoms with Gasteiger partial charge in [0.2, 0.25) is 0 Å². The fraction of sp³-hybridized carbons (Fsp3) is 0.774. The van der Waals surface area contributed by atoms with Crippen LogP contribution in [0.4, 0.5) is 0 Å². The molecule has 0 heterocycles. The lowest BCUT2D eigenvalue weighted by Crippen LogP contribution is -2.63. The summed E-state index contributed by atoms with van der Waals surface area (Å²) < 4.78 is 22.2. The molecule has 0 radical (unpaired) electrons. The van der Waals surface area contributed by atoms with Gasteiger partial charge in [0, 0.05) is 24.2 Å². The van der Waals surface area contributed by atoms with Crippen molar-refractivity contribution < 1.29 is 18.1 Å². The standard InChI is InChI=1S/C31H56O4Si3/c1-21(2)25-17-16-23(4)31(35-37(11,12)13)26-18-24(32)20-30(26,34-36(8,9)10)19-22(3)28(27(25)31)33-38(14,15)29(5,6)7/h16-18,22-23,25,27-28H,1,19-20H2,2-15H3/t22-,23-,25+,27-,28-,30+,31+/m1/s1. The van der Waals surface area contributed by atoms with E-state index in [1.807, 2.05) is 6.08 Å². The molecular formula is C31H56O4Si3. The first-order valence-corrected chi connectivity index (χ1v) is 24.4. The first kappa shape index (κ1) is 31.9. The molecule has 0 amide bonds. The molecule has 0 saturated heterocycles. The molecule has 0 unspecified atom stereocenters. The van der Waals surface area contributed by atoms with Crippen molar-refractivity contribution in [3.63, 3.8) is 0 Å². The average Bonchev–Trinajstić information content (AvgIpc) is 2.96. The highest BCUT2D eigenvalue weighted by Crippen LogP contribution is 2.61. The Morgan fingerprint density at radius 1 is 0.974 bits per heavy atom. The highest BCUT2D eigenvalue weighted by molar-refractivity contribution is 6.74. The van der Waals surface area contributed by atoms with Crippen molar-refractivity contribution >= 4 is 30.7 Å². The lowest BCUT2D eigenvalue weighted by Gasteiger charge is -2.57. The number of carbonyl (C=O) groups excluding carboxylic acids is 1. The Kier molecular flexibility index (Phi) is 8.45. The minimum absolute atomic E-state index is 0.0140. The predicted molar refractivity (Wildman–Crippen MR) is 168 cm³/mol. The molecule has 3 aliphatic carbocycles. The number of allylic oxidation sites excluding steroid dienone is 3. The van der Waals surface area contributed by atoms with Gasteiger partial charge < -0.3 is 13.3 Å². The summed E-state index contributed by atoms with van der Waals surface area (Å²) in [6.45, 7) is 36.5. The maximum atomic E-state index is 13.4. The Hall–Kier alpha value is -0.579. The lowest BCUT2D eigenvalue weighted by atomic mass is 9.60. The molecule has 0 bridgehead atoms. The zero-order valence-corrected chi connectivity index (χ0v) is 29.9. The van der Waals surface area contributed by atoms with E-state index in [0.717, 1.165) is 17.6 Å². The Labute approximate surface area is 237 Å². The number of fused-ring (bicyclic) bond motifs is 3. The van der Waals surface area contributed by atoms with Crippen molar-refractivity contribution in [1.29, 1.82) is 0 Å². The molecule has 0 aromatic rings. The highest BCUT2D eigenvalue weighted by atomic mass is 28.4. The van der Waals surface area contributed by atoms with Gasteiger partial charge in [-0.1, -0.05) is 58.9 Å². The molecule has 1 saturated carbocycles. The van der Waals surface area contributed by atoms with Gasteiger partial charge in [-0.2, -0.15) is 0 Å². The zero-order valence-electron chi connectivity index (χ0n) is 26.9. The van der Waals surface area contributed by atoms with E-state index in [2.05, 4.69) is 113 Å². The maximum Gasteiger partial charge on any atom is 0.192 e. The number of hydrogen-bond donors (Lipinski definition) is 0. The van der Waals surface area contributed by atoms with Gasteiger partial charge in [0.05, 0.1) is 17.3 Å². The van der Waals surface area contributed by atoms with Crippen LogP contribution >= 0.6 is 0 Å². The van der Waals surface area contributed by atoms with E-state index < -0.39 is 36.2 Å². The van der Waals surface area contributed by atoms with Crippen molar-refractivity contribution in [1.82, 2.24) is 0 Å². The molecule has 0 aromatic carbocycles. The summed E-state index contributed by atoms with van der Waals surface area (Å²) in [5, 5.41) is 0.0772. The number of rotatable bonds is 7. The summed E-state index contributed by atoms with van der Waals surface area (Å²) in [6.07, 6.45) is 7.74. The second-order valence-electron chi connectivity index (χ2n) is 16.0. The molecule has 0 N–H and O–H groups in total. The fourth-order valence-corrected chi connectivity index (χ4v) is 11.3. The van der Waals surface area contributed by atoms with Gasteiger partial charge in [0.25, 0.3) is 0 Å². The van der Waals surface area contributed by atoms with Crippen LogP contribution in [0.5, 0.6) is 0 Å². The summed E-state index contributed by atoms with van der Waals surface area (Å²) in [4.78, 5) is 13.4. The molecule has 7 atom stereocenters. The first-order chi connectivity index (χ1) is 17.0. The van der Waals surface area contributed by atoms with E-state index in [0.29, 0.717) is 6.42 Å². The molecule has 0 aromatic heterocycles. The summed E-state index contributed by atoms with van der Waals surface area (Å²) in [7, 11) is -6.30. The van der Waals surface area contributed by atoms with Crippen LogP contribution in [-0.2, 0) is 18.1 Å². The summed E-state index contributed by atoms with van der Waals surface area (Å²) in [6, 6.07) is 0. The van der Waals surface area contributed by atoms with Gasteiger partial charge in [0.1, 0.15) is 0 Å². The molecule has 0 aliphatic heterocycles. The summed E-state index contributed by atoms with van der Waals surface area (Å²) in [5.74, 6) is 0.541. The van der Waals surface area contributed by atoms with Crippen LogP contribution in [0, 0.1) is 23.7 Å². The number of carbonyl (C=O) groups is 1. The first-order valence-electron chi connectivity index (χ1n) is 14.6. The van der Waals surface area contributed by atoms with Crippen LogP contribution in [-0.4, -0.2) is 48.0 Å². The third kappa shape index (κ3) is 5.89. The van der Waals surface area contributed by atoms with E-state index in [1.165, 1.54) is 0 Å². The number of ketones is 1. The molecule has 1 fully saturated rings. The Morgan fingerprint density at radius 2 is 1.53 bits per heavy atom. The van der Waals surface area contributed by atoms with Crippen LogP contribution in [0.2, 0.25) is 57.4 Å². The molecule has 7 heteroatoms. The van der Waals surface area contributed by atoms with E-state index in [9.17, 15) is 4.79 Å². The molecule has 0 spiro atoms. The molecule has 216 valence electrons. The lowest BCUT2D eigenvalue weighted by molar-refractivity contribution is -0.116. The van der Waals surface area contributed by atoms with Crippen molar-refractivity contribution in [3.05, 3.63) is 36.0 Å². The van der Waals surface area contributed by atoms with Gasteiger partial charge in [-0.05, 0) is 88.3 Å². The topological polar surface area (TPSA) is 44.8 Å². The minimum Gasteiger partial charge on any atom is -0.413 e. The zero-order chi connectivity index (χ0) is 29.3. The highest BCUT2D eigenvalue weighted by Gasteiger charge is 2.66. The largest absolute Gasteiger partial charge is 0.413 e. The van der Waals surface area contributed by atoms with Crippen molar-refractivity contribution in [2.24, 2.45) is 23.7 Å². The van der Waals surface area contributed by atoms with E-state index in [4.69, 9.17) is 13.3 Å². The third-order valence-electron chi connectivity index (χ3n) is 9.19. The van der Waals surface area contributed by atoms with Crippen LogP contribution in [0.25, 0.3) is 0 Å². The monoisotopic (exact) mass is 576 g/mol. The molecular weight excluding hydrogens is 521 g/mol. The van der Waals surface area contributed by atoms with Crippen LogP contribution in [0.1, 0.15) is 54.4 Å². The van der Waals surface area contributed by atoms with Gasteiger partial charge in [0.15, 0.2) is 30.7 Å². The molecule has 3 aliphatic rings. The third-order valence-corrected chi connectivity index (χ3v) is 15.6. The smallest absolute Gasteiger partial charge is 0.192 e. The van der Waals surface area contributed by atoms with Gasteiger partial charge in [-0.3, -0.25) is 4.79 Å². The average molecular weight is 577 g/mol. The van der Waals surface area contributed by atoms with Crippen LogP contribution in [0.3, 0.4) is 0 Å². The number of hydrogen-bond acceptors (Lipinski definition) is 4. The fourth-order valence-electron chi connectivity index (χ4n) is 6.97. The van der Waals surface area contributed by atoms with Crippen LogP contribution < -0.4 is 0 Å². The Balaban J connectivity index is 2.43. The quantitative estimate of drug-likeness (QED) is 0.225. The minimum atomic E-state index is -2.15.